The zero-order chi connectivity index (χ0) is 27.9. The molecule has 210 valence electrons. The lowest BCUT2D eigenvalue weighted by molar-refractivity contribution is 0.305. The molecule has 1 aromatic carbocycles. The Kier molecular flexibility index (Phi) is 13.8. The molecular weight excluding hydrogens is 472 g/mol. The summed E-state index contributed by atoms with van der Waals surface area (Å²) in [6.07, 6.45) is 15.9. The topological polar surface area (TPSA) is 52.5 Å². The lowest BCUT2D eigenvalue weighted by Crippen LogP contribution is -2.21. The van der Waals surface area contributed by atoms with Crippen LogP contribution in [0, 0.1) is 0 Å². The van der Waals surface area contributed by atoms with Gasteiger partial charge in [0.15, 0.2) is 5.75 Å². The fourth-order valence-electron chi connectivity index (χ4n) is 4.25. The third-order valence-electron chi connectivity index (χ3n) is 6.64. The van der Waals surface area contributed by atoms with Gasteiger partial charge in [0.1, 0.15) is 13.2 Å². The van der Waals surface area contributed by atoms with Crippen LogP contribution in [0.15, 0.2) is 57.9 Å². The Bertz CT molecular complexity index is 1160. The van der Waals surface area contributed by atoms with Gasteiger partial charge in [0.05, 0.1) is 5.52 Å². The van der Waals surface area contributed by atoms with E-state index in [2.05, 4.69) is 51.2 Å². The number of ether oxygens (including phenoxy) is 2. The van der Waals surface area contributed by atoms with Crippen molar-refractivity contribution in [3.63, 3.8) is 0 Å². The van der Waals surface area contributed by atoms with E-state index in [0.717, 1.165) is 48.0 Å². The first-order chi connectivity index (χ1) is 18.2. The summed E-state index contributed by atoms with van der Waals surface area (Å²) >= 11 is 0. The highest BCUT2D eigenvalue weighted by Crippen LogP contribution is 2.34. The molecule has 2 rings (SSSR count). The van der Waals surface area contributed by atoms with Crippen LogP contribution in [0.25, 0.3) is 10.9 Å². The molecule has 5 nitrogen and oxygen atoms in total. The van der Waals surface area contributed by atoms with Crippen LogP contribution in [0.4, 0.5) is 5.69 Å². The molecule has 0 spiro atoms. The molecule has 0 radical (unpaired) electrons. The van der Waals surface area contributed by atoms with Gasteiger partial charge in [0.25, 0.3) is 5.56 Å². The van der Waals surface area contributed by atoms with Gasteiger partial charge < -0.3 is 19.4 Å². The number of fused-ring (bicyclic) bond motifs is 1. The van der Waals surface area contributed by atoms with Gasteiger partial charge in [-0.05, 0) is 84.2 Å². The number of rotatable bonds is 17. The monoisotopic (exact) mass is 522 g/mol. The molecule has 0 saturated heterocycles. The molecule has 0 aliphatic rings. The van der Waals surface area contributed by atoms with Gasteiger partial charge in [-0.25, -0.2) is 0 Å². The van der Waals surface area contributed by atoms with Crippen molar-refractivity contribution >= 4 is 16.6 Å². The first kappa shape index (κ1) is 31.3. The molecule has 1 aromatic heterocycles. The zero-order valence-electron chi connectivity index (χ0n) is 24.9. The van der Waals surface area contributed by atoms with Crippen LogP contribution >= 0.6 is 0 Å². The summed E-state index contributed by atoms with van der Waals surface area (Å²) in [5, 5.41) is 4.40. The van der Waals surface area contributed by atoms with Gasteiger partial charge in [0, 0.05) is 24.7 Å². The van der Waals surface area contributed by atoms with Crippen LogP contribution in [0.5, 0.6) is 11.5 Å². The summed E-state index contributed by atoms with van der Waals surface area (Å²) in [6.45, 7) is 14.3. The molecule has 0 aliphatic heterocycles. The molecule has 0 amide bonds. The zero-order valence-corrected chi connectivity index (χ0v) is 24.9. The molecule has 38 heavy (non-hydrogen) atoms. The normalized spacial score (nSPS) is 11.4. The minimum Gasteiger partial charge on any atom is -0.485 e. The number of pyridine rings is 1. The maximum Gasteiger partial charge on any atom is 0.297 e. The number of allylic oxidation sites excluding steroid dienone is 4. The number of hydrogen-bond donors (Lipinski definition) is 1. The number of benzene rings is 1. The maximum atomic E-state index is 13.4. The van der Waals surface area contributed by atoms with E-state index >= 15 is 0 Å². The highest BCUT2D eigenvalue weighted by Gasteiger charge is 2.18. The van der Waals surface area contributed by atoms with Crippen molar-refractivity contribution in [1.29, 1.82) is 0 Å². The van der Waals surface area contributed by atoms with Crippen LogP contribution in [0.3, 0.4) is 0 Å². The highest BCUT2D eigenvalue weighted by molar-refractivity contribution is 5.90. The maximum absolute atomic E-state index is 13.4. The molecule has 2 aromatic rings. The number of anilines is 1. The Morgan fingerprint density at radius 1 is 0.868 bits per heavy atom. The predicted molar refractivity (Wildman–Crippen MR) is 164 cm³/mol. The Balaban J connectivity index is 2.25. The SMILES string of the molecule is CCCCCCCCNc1ccc2c(OCC=C(C)C)c(OCC=C(C)CCC=C(C)C)c(=O)n(C)c2c1. The predicted octanol–water partition coefficient (Wildman–Crippen LogP) is 8.73. The molecule has 0 unspecified atom stereocenters. The number of aromatic nitrogens is 1. The lowest BCUT2D eigenvalue weighted by Gasteiger charge is -2.17. The second-order valence-electron chi connectivity index (χ2n) is 10.7. The number of nitrogens with one attached hydrogen (secondary N) is 1. The van der Waals surface area contributed by atoms with Crippen LogP contribution in [-0.4, -0.2) is 24.3 Å². The van der Waals surface area contributed by atoms with Gasteiger partial charge in [-0.15, -0.1) is 0 Å². The summed E-state index contributed by atoms with van der Waals surface area (Å²) in [7, 11) is 1.80. The van der Waals surface area contributed by atoms with Crippen molar-refractivity contribution in [1.82, 2.24) is 4.57 Å². The van der Waals surface area contributed by atoms with Crippen molar-refractivity contribution in [2.75, 3.05) is 25.1 Å². The fraction of sp³-hybridized carbons (Fsp3) is 0.545. The van der Waals surface area contributed by atoms with Gasteiger partial charge in [-0.3, -0.25) is 4.79 Å². The third kappa shape index (κ3) is 10.4. The van der Waals surface area contributed by atoms with E-state index < -0.39 is 0 Å². The van der Waals surface area contributed by atoms with Crippen LogP contribution in [0.1, 0.15) is 92.9 Å². The molecule has 0 fully saturated rings. The minimum atomic E-state index is -0.187. The third-order valence-corrected chi connectivity index (χ3v) is 6.64. The summed E-state index contributed by atoms with van der Waals surface area (Å²) < 4.78 is 13.9. The van der Waals surface area contributed by atoms with E-state index in [1.807, 2.05) is 32.1 Å². The Morgan fingerprint density at radius 3 is 2.24 bits per heavy atom. The molecule has 0 atom stereocenters. The number of aryl methyl sites for hydroxylation is 1. The Hall–Kier alpha value is -2.95. The Morgan fingerprint density at radius 2 is 1.53 bits per heavy atom. The van der Waals surface area contributed by atoms with E-state index in [0.29, 0.717) is 19.0 Å². The van der Waals surface area contributed by atoms with Crippen molar-refractivity contribution in [2.24, 2.45) is 7.05 Å². The van der Waals surface area contributed by atoms with E-state index in [1.165, 1.54) is 43.3 Å². The first-order valence-corrected chi connectivity index (χ1v) is 14.3. The van der Waals surface area contributed by atoms with Gasteiger partial charge in [-0.1, -0.05) is 61.8 Å². The molecular formula is C33H50N2O3. The van der Waals surface area contributed by atoms with Crippen LogP contribution in [0.2, 0.25) is 0 Å². The highest BCUT2D eigenvalue weighted by atomic mass is 16.5. The van der Waals surface area contributed by atoms with E-state index in [1.54, 1.807) is 11.6 Å². The van der Waals surface area contributed by atoms with E-state index in [-0.39, 0.29) is 11.3 Å². The van der Waals surface area contributed by atoms with Crippen molar-refractivity contribution in [2.45, 2.75) is 92.9 Å². The van der Waals surface area contributed by atoms with E-state index in [9.17, 15) is 4.79 Å². The first-order valence-electron chi connectivity index (χ1n) is 14.3. The minimum absolute atomic E-state index is 0.187. The number of hydrogen-bond acceptors (Lipinski definition) is 4. The van der Waals surface area contributed by atoms with Gasteiger partial charge in [-0.2, -0.15) is 0 Å². The van der Waals surface area contributed by atoms with E-state index in [4.69, 9.17) is 9.47 Å². The second kappa shape index (κ2) is 16.8. The smallest absolute Gasteiger partial charge is 0.297 e. The standard InChI is InChI=1S/C33H50N2O3/c1-8-9-10-11-12-13-21-34-28-17-18-29-30(24-28)35(7)33(36)32(31(29)37-22-19-26(4)5)38-23-20-27(6)16-14-15-25(2)3/h15,17-20,24,34H,8-14,16,21-23H2,1-7H3. The summed E-state index contributed by atoms with van der Waals surface area (Å²) in [4.78, 5) is 13.4. The van der Waals surface area contributed by atoms with Crippen LogP contribution < -0.4 is 20.3 Å². The summed E-state index contributed by atoms with van der Waals surface area (Å²) in [6, 6.07) is 6.14. The quantitative estimate of drug-likeness (QED) is 0.167. The van der Waals surface area contributed by atoms with Crippen molar-refractivity contribution < 1.29 is 9.47 Å². The molecule has 0 bridgehead atoms. The summed E-state index contributed by atoms with van der Waals surface area (Å²) in [5.41, 5.74) is 5.39. The van der Waals surface area contributed by atoms with Gasteiger partial charge >= 0.3 is 0 Å². The fourth-order valence-corrected chi connectivity index (χ4v) is 4.25. The molecule has 5 heteroatoms. The second-order valence-corrected chi connectivity index (χ2v) is 10.7. The number of unbranched alkanes of at least 4 members (excludes halogenated alkanes) is 5. The Labute approximate surface area is 230 Å². The van der Waals surface area contributed by atoms with Crippen molar-refractivity contribution in [3.05, 3.63) is 63.5 Å². The molecule has 1 heterocycles. The molecule has 1 N–H and O–H groups in total. The average Bonchev–Trinajstić information content (AvgIpc) is 2.87. The lowest BCUT2D eigenvalue weighted by atomic mass is 10.1. The van der Waals surface area contributed by atoms with Crippen molar-refractivity contribution in [3.8, 4) is 11.5 Å². The largest absolute Gasteiger partial charge is 0.485 e. The molecule has 0 aliphatic carbocycles. The van der Waals surface area contributed by atoms with Gasteiger partial charge in [0.2, 0.25) is 5.75 Å². The molecule has 0 saturated carbocycles. The number of nitrogens with zero attached hydrogens (tertiary/aromatic N) is 1. The summed E-state index contributed by atoms with van der Waals surface area (Å²) in [5.74, 6) is 0.780. The van der Waals surface area contributed by atoms with Crippen LogP contribution in [-0.2, 0) is 7.05 Å². The average molecular weight is 523 g/mol.